The Balaban J connectivity index is 1.38. The Morgan fingerprint density at radius 1 is 1.12 bits per heavy atom. The summed E-state index contributed by atoms with van der Waals surface area (Å²) >= 11 is 1.45. The van der Waals surface area contributed by atoms with Crippen LogP contribution < -0.4 is 11.4 Å². The van der Waals surface area contributed by atoms with E-state index in [1.165, 1.54) is 11.3 Å². The summed E-state index contributed by atoms with van der Waals surface area (Å²) in [6, 6.07) is 3.76. The molecule has 5 rings (SSSR count). The minimum atomic E-state index is -0.462. The average molecular weight is 452 g/mol. The standard InChI is InChI=1S/C24H25N3O4S/c1-12-14(3)30-20-10-21-17(8-16(12)20)13(2)18(23(29)31-21)9-22(28)27-6-4-15(5-7-27)19-11-32-24(25)26-19/h8,10-11,15H,4-7,9H2,1-3H3,(H2,25,26). The molecular weight excluding hydrogens is 426 g/mol. The van der Waals surface area contributed by atoms with Crippen LogP contribution in [-0.2, 0) is 11.2 Å². The number of piperidine rings is 1. The zero-order chi connectivity index (χ0) is 22.6. The first-order valence-corrected chi connectivity index (χ1v) is 11.6. The third-order valence-electron chi connectivity index (χ3n) is 6.72. The zero-order valence-electron chi connectivity index (χ0n) is 18.4. The van der Waals surface area contributed by atoms with Crippen LogP contribution in [0.15, 0.2) is 31.1 Å². The summed E-state index contributed by atoms with van der Waals surface area (Å²) in [5.41, 5.74) is 9.76. The maximum atomic E-state index is 13.0. The van der Waals surface area contributed by atoms with Crippen LogP contribution in [0, 0.1) is 20.8 Å². The number of nitrogens with zero attached hydrogens (tertiary/aromatic N) is 2. The van der Waals surface area contributed by atoms with Gasteiger partial charge in [-0.1, -0.05) is 0 Å². The van der Waals surface area contributed by atoms with Gasteiger partial charge in [0.2, 0.25) is 5.91 Å². The predicted octanol–water partition coefficient (Wildman–Crippen LogP) is 4.45. The van der Waals surface area contributed by atoms with Crippen molar-refractivity contribution in [3.05, 3.63) is 56.1 Å². The molecule has 8 heteroatoms. The van der Waals surface area contributed by atoms with Crippen molar-refractivity contribution in [3.63, 3.8) is 0 Å². The van der Waals surface area contributed by atoms with Crippen LogP contribution in [0.4, 0.5) is 5.13 Å². The number of nitrogens with two attached hydrogens (primary N) is 1. The van der Waals surface area contributed by atoms with Gasteiger partial charge >= 0.3 is 5.63 Å². The molecule has 1 aromatic carbocycles. The molecule has 1 aliphatic heterocycles. The van der Waals surface area contributed by atoms with Gasteiger partial charge in [-0.2, -0.15) is 0 Å². The number of benzene rings is 1. The average Bonchev–Trinajstić information content (AvgIpc) is 3.33. The number of rotatable bonds is 3. The van der Waals surface area contributed by atoms with Crippen molar-refractivity contribution in [2.24, 2.45) is 0 Å². The van der Waals surface area contributed by atoms with Gasteiger partial charge in [-0.3, -0.25) is 4.79 Å². The Bertz CT molecular complexity index is 1410. The van der Waals surface area contributed by atoms with E-state index in [4.69, 9.17) is 14.6 Å². The number of fused-ring (bicyclic) bond motifs is 2. The molecule has 7 nitrogen and oxygen atoms in total. The lowest BCUT2D eigenvalue weighted by Gasteiger charge is -2.31. The highest BCUT2D eigenvalue weighted by molar-refractivity contribution is 7.13. The zero-order valence-corrected chi connectivity index (χ0v) is 19.2. The third kappa shape index (κ3) is 3.48. The van der Waals surface area contributed by atoms with E-state index in [1.54, 1.807) is 6.07 Å². The van der Waals surface area contributed by atoms with E-state index in [0.29, 0.717) is 40.9 Å². The minimum absolute atomic E-state index is 0.0415. The number of hydrogen-bond acceptors (Lipinski definition) is 7. The fourth-order valence-corrected chi connectivity index (χ4v) is 5.25. The molecule has 1 saturated heterocycles. The molecule has 4 heterocycles. The van der Waals surface area contributed by atoms with Gasteiger partial charge in [0.25, 0.3) is 0 Å². The van der Waals surface area contributed by atoms with Crippen molar-refractivity contribution in [1.29, 1.82) is 0 Å². The van der Waals surface area contributed by atoms with E-state index < -0.39 is 5.63 Å². The number of amides is 1. The molecule has 0 atom stereocenters. The summed E-state index contributed by atoms with van der Waals surface area (Å²) in [4.78, 5) is 32.0. The molecule has 166 valence electrons. The summed E-state index contributed by atoms with van der Waals surface area (Å²) in [5.74, 6) is 1.12. The molecule has 32 heavy (non-hydrogen) atoms. The van der Waals surface area contributed by atoms with Gasteiger partial charge in [0.05, 0.1) is 17.7 Å². The largest absolute Gasteiger partial charge is 0.461 e. The van der Waals surface area contributed by atoms with Gasteiger partial charge < -0.3 is 19.5 Å². The number of carbonyl (C=O) groups is 1. The number of furan rings is 1. The van der Waals surface area contributed by atoms with Crippen molar-refractivity contribution in [1.82, 2.24) is 9.88 Å². The summed E-state index contributed by atoms with van der Waals surface area (Å²) in [7, 11) is 0. The van der Waals surface area contributed by atoms with E-state index in [0.717, 1.165) is 46.2 Å². The van der Waals surface area contributed by atoms with Gasteiger partial charge in [-0.05, 0) is 50.8 Å². The number of hydrogen-bond donors (Lipinski definition) is 1. The second-order valence-electron chi connectivity index (χ2n) is 8.56. The third-order valence-corrected chi connectivity index (χ3v) is 7.41. The molecule has 0 bridgehead atoms. The summed E-state index contributed by atoms with van der Waals surface area (Å²) in [6.45, 7) is 7.10. The highest BCUT2D eigenvalue weighted by atomic mass is 32.1. The van der Waals surface area contributed by atoms with Crippen LogP contribution in [0.3, 0.4) is 0 Å². The second-order valence-corrected chi connectivity index (χ2v) is 9.45. The van der Waals surface area contributed by atoms with Crippen molar-refractivity contribution in [2.45, 2.75) is 46.0 Å². The van der Waals surface area contributed by atoms with Crippen LogP contribution in [0.1, 0.15) is 46.9 Å². The topological polar surface area (TPSA) is 103 Å². The van der Waals surface area contributed by atoms with Crippen LogP contribution in [-0.4, -0.2) is 28.9 Å². The SMILES string of the molecule is Cc1oc2cc3oc(=O)c(CC(=O)N4CCC(c5csc(N)n5)CC4)c(C)c3cc2c1C. The summed E-state index contributed by atoms with van der Waals surface area (Å²) < 4.78 is 11.4. The predicted molar refractivity (Wildman–Crippen MR) is 125 cm³/mol. The number of likely N-dealkylation sites (tertiary alicyclic amines) is 1. The molecule has 0 unspecified atom stereocenters. The smallest absolute Gasteiger partial charge is 0.340 e. The van der Waals surface area contributed by atoms with Gasteiger partial charge in [-0.15, -0.1) is 11.3 Å². The number of aryl methyl sites for hydroxylation is 3. The molecule has 0 saturated carbocycles. The Hall–Kier alpha value is -3.13. The lowest BCUT2D eigenvalue weighted by molar-refractivity contribution is -0.131. The summed E-state index contributed by atoms with van der Waals surface area (Å²) in [5, 5.41) is 4.41. The van der Waals surface area contributed by atoms with E-state index in [9.17, 15) is 9.59 Å². The Labute approximate surface area is 188 Å². The monoisotopic (exact) mass is 451 g/mol. The van der Waals surface area contributed by atoms with Gasteiger partial charge in [0.1, 0.15) is 16.9 Å². The van der Waals surface area contributed by atoms with Crippen molar-refractivity contribution < 1.29 is 13.6 Å². The van der Waals surface area contributed by atoms with E-state index in [1.807, 2.05) is 37.1 Å². The molecule has 1 fully saturated rings. The molecule has 2 N–H and O–H groups in total. The molecule has 1 amide bonds. The number of anilines is 1. The van der Waals surface area contributed by atoms with Crippen LogP contribution in [0.5, 0.6) is 0 Å². The maximum Gasteiger partial charge on any atom is 0.340 e. The number of nitrogen functional groups attached to an aromatic ring is 1. The molecular formula is C24H25N3O4S. The first kappa shape index (κ1) is 20.8. The number of carbonyl (C=O) groups excluding carboxylic acids is 1. The molecule has 0 spiro atoms. The van der Waals surface area contributed by atoms with Crippen molar-refractivity contribution in [2.75, 3.05) is 18.8 Å². The fourth-order valence-electron chi connectivity index (χ4n) is 4.61. The van der Waals surface area contributed by atoms with Gasteiger partial charge in [0, 0.05) is 41.2 Å². The van der Waals surface area contributed by atoms with Crippen LogP contribution >= 0.6 is 11.3 Å². The molecule has 4 aromatic rings. The normalized spacial score (nSPS) is 15.2. The van der Waals surface area contributed by atoms with Crippen molar-refractivity contribution in [3.8, 4) is 0 Å². The second kappa shape index (κ2) is 7.78. The lowest BCUT2D eigenvalue weighted by Crippen LogP contribution is -2.39. The van der Waals surface area contributed by atoms with E-state index >= 15 is 0 Å². The highest BCUT2D eigenvalue weighted by Gasteiger charge is 2.27. The Morgan fingerprint density at radius 2 is 1.81 bits per heavy atom. The van der Waals surface area contributed by atoms with E-state index in [2.05, 4.69) is 4.98 Å². The molecule has 1 aliphatic rings. The first-order chi connectivity index (χ1) is 15.3. The quantitative estimate of drug-likeness (QED) is 0.462. The number of aromatic nitrogens is 1. The maximum absolute atomic E-state index is 13.0. The molecule has 3 aromatic heterocycles. The summed E-state index contributed by atoms with van der Waals surface area (Å²) in [6.07, 6.45) is 1.73. The molecule has 0 aliphatic carbocycles. The van der Waals surface area contributed by atoms with Gasteiger partial charge in [-0.25, -0.2) is 9.78 Å². The van der Waals surface area contributed by atoms with E-state index in [-0.39, 0.29) is 12.3 Å². The highest BCUT2D eigenvalue weighted by Crippen LogP contribution is 2.32. The van der Waals surface area contributed by atoms with Crippen LogP contribution in [0.2, 0.25) is 0 Å². The number of thiazole rings is 1. The van der Waals surface area contributed by atoms with Gasteiger partial charge in [0.15, 0.2) is 5.13 Å². The Morgan fingerprint density at radius 3 is 2.50 bits per heavy atom. The minimum Gasteiger partial charge on any atom is -0.461 e. The first-order valence-electron chi connectivity index (χ1n) is 10.8. The van der Waals surface area contributed by atoms with Crippen LogP contribution in [0.25, 0.3) is 21.9 Å². The lowest BCUT2D eigenvalue weighted by atomic mass is 9.93. The fraction of sp³-hybridized carbons (Fsp3) is 0.375. The molecule has 0 radical (unpaired) electrons. The Kier molecular flexibility index (Phi) is 5.04. The van der Waals surface area contributed by atoms with Crippen molar-refractivity contribution >= 4 is 44.3 Å².